The molecule has 1 fully saturated rings. The van der Waals surface area contributed by atoms with Crippen molar-refractivity contribution in [1.29, 1.82) is 0 Å². The Morgan fingerprint density at radius 2 is 1.42 bits per heavy atom. The van der Waals surface area contributed by atoms with Gasteiger partial charge in [-0.2, -0.15) is 0 Å². The average molecular weight is 317 g/mol. The van der Waals surface area contributed by atoms with E-state index in [1.54, 1.807) is 0 Å². The molecule has 0 amide bonds. The molecule has 0 atom stereocenters. The van der Waals surface area contributed by atoms with E-state index in [0.29, 0.717) is 0 Å². The number of piperazine rings is 1. The van der Waals surface area contributed by atoms with Gasteiger partial charge in [-0.25, -0.2) is 4.98 Å². The van der Waals surface area contributed by atoms with Crippen LogP contribution in [-0.2, 0) is 0 Å². The molecule has 4 rings (SSSR count). The van der Waals surface area contributed by atoms with Crippen LogP contribution in [0.1, 0.15) is 0 Å². The van der Waals surface area contributed by atoms with E-state index < -0.39 is 0 Å². The van der Waals surface area contributed by atoms with Crippen LogP contribution in [0.5, 0.6) is 0 Å². The number of anilines is 2. The first-order valence-electron chi connectivity index (χ1n) is 8.17. The minimum Gasteiger partial charge on any atom is -0.368 e. The molecule has 0 aliphatic carbocycles. The normalized spacial score (nSPS) is 14.7. The third kappa shape index (κ3) is 3.06. The standard InChI is InChI=1S/C19H19N5/c1-2-4-16(5-3-1)18-14-21-15-19(22-18)24-12-10-23(11-13-24)17-6-8-20-9-7-17/h1-9,14-15H,10-13H2. The quantitative estimate of drug-likeness (QED) is 0.743. The molecule has 0 bridgehead atoms. The number of hydrogen-bond acceptors (Lipinski definition) is 5. The van der Waals surface area contributed by atoms with Crippen molar-refractivity contribution in [1.82, 2.24) is 15.0 Å². The van der Waals surface area contributed by atoms with Gasteiger partial charge in [-0.05, 0) is 12.1 Å². The third-order valence-electron chi connectivity index (χ3n) is 4.32. The minimum absolute atomic E-state index is 0.921. The van der Waals surface area contributed by atoms with Crippen molar-refractivity contribution in [2.24, 2.45) is 0 Å². The van der Waals surface area contributed by atoms with Gasteiger partial charge < -0.3 is 9.80 Å². The second-order valence-corrected chi connectivity index (χ2v) is 5.81. The van der Waals surface area contributed by atoms with Crippen molar-refractivity contribution in [3.8, 4) is 11.3 Å². The summed E-state index contributed by atoms with van der Waals surface area (Å²) in [6, 6.07) is 14.3. The fourth-order valence-electron chi connectivity index (χ4n) is 3.00. The van der Waals surface area contributed by atoms with Crippen LogP contribution >= 0.6 is 0 Å². The van der Waals surface area contributed by atoms with Crippen molar-refractivity contribution in [2.45, 2.75) is 0 Å². The van der Waals surface area contributed by atoms with Gasteiger partial charge in [0.25, 0.3) is 0 Å². The topological polar surface area (TPSA) is 45.2 Å². The molecule has 0 N–H and O–H groups in total. The Kier molecular flexibility index (Phi) is 4.06. The molecule has 120 valence electrons. The molecule has 0 unspecified atom stereocenters. The maximum Gasteiger partial charge on any atom is 0.147 e. The van der Waals surface area contributed by atoms with E-state index in [1.165, 1.54) is 5.69 Å². The highest BCUT2D eigenvalue weighted by Gasteiger charge is 2.18. The van der Waals surface area contributed by atoms with Crippen molar-refractivity contribution in [2.75, 3.05) is 36.0 Å². The molecule has 24 heavy (non-hydrogen) atoms. The number of nitrogens with zero attached hydrogens (tertiary/aromatic N) is 5. The summed E-state index contributed by atoms with van der Waals surface area (Å²) >= 11 is 0. The van der Waals surface area contributed by atoms with Gasteiger partial charge in [-0.3, -0.25) is 9.97 Å². The maximum absolute atomic E-state index is 4.80. The molecule has 0 saturated carbocycles. The number of rotatable bonds is 3. The van der Waals surface area contributed by atoms with Gasteiger partial charge in [0, 0.05) is 49.8 Å². The Balaban J connectivity index is 1.48. The summed E-state index contributed by atoms with van der Waals surface area (Å²) < 4.78 is 0. The fourth-order valence-corrected chi connectivity index (χ4v) is 3.00. The van der Waals surface area contributed by atoms with Crippen LogP contribution in [0, 0.1) is 0 Å². The van der Waals surface area contributed by atoms with Crippen molar-refractivity contribution in [3.05, 3.63) is 67.3 Å². The van der Waals surface area contributed by atoms with Crippen LogP contribution in [-0.4, -0.2) is 41.1 Å². The minimum atomic E-state index is 0.921. The van der Waals surface area contributed by atoms with Crippen LogP contribution < -0.4 is 9.80 Å². The summed E-state index contributed by atoms with van der Waals surface area (Å²) in [4.78, 5) is 18.0. The molecule has 1 aliphatic heterocycles. The van der Waals surface area contributed by atoms with Gasteiger partial charge in [-0.1, -0.05) is 30.3 Å². The highest BCUT2D eigenvalue weighted by atomic mass is 15.3. The molecule has 2 aromatic heterocycles. The molecular weight excluding hydrogens is 298 g/mol. The molecule has 5 nitrogen and oxygen atoms in total. The Morgan fingerprint density at radius 1 is 0.708 bits per heavy atom. The predicted octanol–water partition coefficient (Wildman–Crippen LogP) is 2.87. The Morgan fingerprint density at radius 3 is 2.17 bits per heavy atom. The van der Waals surface area contributed by atoms with E-state index >= 15 is 0 Å². The molecule has 0 radical (unpaired) electrons. The van der Waals surface area contributed by atoms with E-state index in [2.05, 4.69) is 44.0 Å². The number of hydrogen-bond donors (Lipinski definition) is 0. The van der Waals surface area contributed by atoms with Gasteiger partial charge >= 0.3 is 0 Å². The lowest BCUT2D eigenvalue weighted by atomic mass is 10.2. The molecule has 3 heterocycles. The zero-order valence-electron chi connectivity index (χ0n) is 13.4. The highest BCUT2D eigenvalue weighted by Crippen LogP contribution is 2.21. The van der Waals surface area contributed by atoms with Crippen molar-refractivity contribution in [3.63, 3.8) is 0 Å². The molecule has 1 saturated heterocycles. The fraction of sp³-hybridized carbons (Fsp3) is 0.211. The molecule has 5 heteroatoms. The first-order valence-corrected chi connectivity index (χ1v) is 8.17. The summed E-state index contributed by atoms with van der Waals surface area (Å²) in [5.74, 6) is 0.950. The first kappa shape index (κ1) is 14.6. The third-order valence-corrected chi connectivity index (χ3v) is 4.32. The van der Waals surface area contributed by atoms with Crippen LogP contribution in [0.25, 0.3) is 11.3 Å². The van der Waals surface area contributed by atoms with E-state index in [0.717, 1.165) is 43.3 Å². The average Bonchev–Trinajstić information content (AvgIpc) is 2.70. The highest BCUT2D eigenvalue weighted by molar-refractivity contribution is 5.60. The van der Waals surface area contributed by atoms with Gasteiger partial charge in [-0.15, -0.1) is 0 Å². The molecule has 3 aromatic rings. The summed E-state index contributed by atoms with van der Waals surface area (Å²) in [5, 5.41) is 0. The van der Waals surface area contributed by atoms with Gasteiger partial charge in [0.1, 0.15) is 5.82 Å². The number of aromatic nitrogens is 3. The number of pyridine rings is 1. The SMILES string of the molecule is c1ccc(-c2cncc(N3CCN(c4ccncc4)CC3)n2)cc1. The van der Waals surface area contributed by atoms with Crippen LogP contribution in [0.3, 0.4) is 0 Å². The smallest absolute Gasteiger partial charge is 0.147 e. The lowest BCUT2D eigenvalue weighted by Gasteiger charge is -2.36. The lowest BCUT2D eigenvalue weighted by Crippen LogP contribution is -2.46. The van der Waals surface area contributed by atoms with Crippen LogP contribution in [0.15, 0.2) is 67.3 Å². The van der Waals surface area contributed by atoms with Gasteiger partial charge in [0.15, 0.2) is 0 Å². The van der Waals surface area contributed by atoms with E-state index in [1.807, 2.05) is 43.0 Å². The Bertz CT molecular complexity index is 783. The van der Waals surface area contributed by atoms with E-state index in [4.69, 9.17) is 4.98 Å². The summed E-state index contributed by atoms with van der Waals surface area (Å²) in [6.45, 7) is 3.83. The summed E-state index contributed by atoms with van der Waals surface area (Å²) in [5.41, 5.74) is 3.25. The van der Waals surface area contributed by atoms with E-state index in [9.17, 15) is 0 Å². The largest absolute Gasteiger partial charge is 0.368 e. The molecule has 1 aliphatic rings. The Labute approximate surface area is 141 Å². The second kappa shape index (κ2) is 6.66. The van der Waals surface area contributed by atoms with Gasteiger partial charge in [0.05, 0.1) is 18.1 Å². The molecule has 0 spiro atoms. The summed E-state index contributed by atoms with van der Waals surface area (Å²) in [6.07, 6.45) is 7.37. The van der Waals surface area contributed by atoms with Crippen molar-refractivity contribution >= 4 is 11.5 Å². The van der Waals surface area contributed by atoms with Crippen LogP contribution in [0.2, 0.25) is 0 Å². The van der Waals surface area contributed by atoms with E-state index in [-0.39, 0.29) is 0 Å². The predicted molar refractivity (Wildman–Crippen MR) is 96.1 cm³/mol. The maximum atomic E-state index is 4.80. The zero-order valence-corrected chi connectivity index (χ0v) is 13.4. The number of benzene rings is 1. The second-order valence-electron chi connectivity index (χ2n) is 5.81. The lowest BCUT2D eigenvalue weighted by molar-refractivity contribution is 0.646. The molecular formula is C19H19N5. The molecule has 1 aromatic carbocycles. The first-order chi connectivity index (χ1) is 11.9. The Hall–Kier alpha value is -2.95. The van der Waals surface area contributed by atoms with Crippen molar-refractivity contribution < 1.29 is 0 Å². The summed E-state index contributed by atoms with van der Waals surface area (Å²) in [7, 11) is 0. The monoisotopic (exact) mass is 317 g/mol. The zero-order chi connectivity index (χ0) is 16.2. The van der Waals surface area contributed by atoms with Gasteiger partial charge in [0.2, 0.25) is 0 Å². The van der Waals surface area contributed by atoms with Crippen LogP contribution in [0.4, 0.5) is 11.5 Å².